The third kappa shape index (κ3) is 9.57. The Bertz CT molecular complexity index is 672. The number of carbonyl (C=O) groups is 3. The normalized spacial score (nSPS) is 12.3. The molecule has 0 saturated carbocycles. The Labute approximate surface area is 164 Å². The maximum atomic E-state index is 11.9. The lowest BCUT2D eigenvalue weighted by Gasteiger charge is -2.19. The number of ether oxygens (including phenoxy) is 1. The van der Waals surface area contributed by atoms with Gasteiger partial charge in [0, 0.05) is 25.3 Å². The summed E-state index contributed by atoms with van der Waals surface area (Å²) in [6, 6.07) is 10.2. The molecule has 1 rings (SSSR count). The molecule has 0 aromatic heterocycles. The van der Waals surface area contributed by atoms with Gasteiger partial charge in [-0.1, -0.05) is 43.7 Å². The second kappa shape index (κ2) is 13.1. The van der Waals surface area contributed by atoms with E-state index in [0.29, 0.717) is 25.8 Å². The first kappa shape index (κ1) is 23.0. The largest absolute Gasteiger partial charge is 0.480 e. The molecule has 0 spiro atoms. The zero-order chi connectivity index (χ0) is 20.8. The molecule has 0 radical (unpaired) electrons. The van der Waals surface area contributed by atoms with Crippen LogP contribution in [0.5, 0.6) is 0 Å². The summed E-state index contributed by atoms with van der Waals surface area (Å²) in [7, 11) is 0. The van der Waals surface area contributed by atoms with E-state index in [1.165, 1.54) is 0 Å². The number of carbonyl (C=O) groups excluding carboxylic acids is 2. The van der Waals surface area contributed by atoms with E-state index in [9.17, 15) is 14.4 Å². The van der Waals surface area contributed by atoms with Gasteiger partial charge in [0.1, 0.15) is 12.6 Å². The molecule has 2 amide bonds. The molecule has 8 nitrogen and oxygen atoms in total. The fourth-order valence-electron chi connectivity index (χ4n) is 2.51. The minimum absolute atomic E-state index is 0.0588. The van der Waals surface area contributed by atoms with Crippen molar-refractivity contribution in [3.63, 3.8) is 0 Å². The Hall–Kier alpha value is -3.08. The van der Waals surface area contributed by atoms with Gasteiger partial charge in [0.25, 0.3) is 0 Å². The van der Waals surface area contributed by atoms with Crippen LogP contribution in [0.2, 0.25) is 0 Å². The number of benzene rings is 1. The van der Waals surface area contributed by atoms with Gasteiger partial charge in [-0.15, -0.1) is 0 Å². The average Bonchev–Trinajstić information content (AvgIpc) is 2.67. The van der Waals surface area contributed by atoms with Crippen molar-refractivity contribution in [3.8, 4) is 6.07 Å². The number of amides is 2. The van der Waals surface area contributed by atoms with E-state index in [1.807, 2.05) is 36.4 Å². The average molecular weight is 389 g/mol. The van der Waals surface area contributed by atoms with E-state index in [1.54, 1.807) is 6.92 Å². The molecular weight excluding hydrogens is 362 g/mol. The van der Waals surface area contributed by atoms with Crippen LogP contribution < -0.4 is 10.6 Å². The van der Waals surface area contributed by atoms with Gasteiger partial charge >= 0.3 is 12.1 Å². The minimum atomic E-state index is -1.14. The number of alkyl carbamates (subject to hydrolysis) is 1. The molecule has 0 aliphatic carbocycles. The smallest absolute Gasteiger partial charge is 0.407 e. The van der Waals surface area contributed by atoms with Crippen molar-refractivity contribution < 1.29 is 24.2 Å². The lowest BCUT2D eigenvalue weighted by molar-refractivity contribution is -0.143. The van der Waals surface area contributed by atoms with Crippen LogP contribution in [0.4, 0.5) is 4.79 Å². The van der Waals surface area contributed by atoms with Gasteiger partial charge in [-0.2, -0.15) is 5.26 Å². The molecule has 0 fully saturated rings. The molecule has 152 valence electrons. The third-order valence-electron chi connectivity index (χ3n) is 4.13. The third-order valence-corrected chi connectivity index (χ3v) is 4.13. The van der Waals surface area contributed by atoms with Crippen LogP contribution in [-0.4, -0.2) is 35.7 Å². The Balaban J connectivity index is 2.12. The maximum Gasteiger partial charge on any atom is 0.407 e. The fourth-order valence-corrected chi connectivity index (χ4v) is 2.51. The number of nitriles is 1. The zero-order valence-electron chi connectivity index (χ0n) is 16.0. The van der Waals surface area contributed by atoms with Crippen molar-refractivity contribution in [2.75, 3.05) is 6.54 Å². The predicted octanol–water partition coefficient (Wildman–Crippen LogP) is 2.59. The summed E-state index contributed by atoms with van der Waals surface area (Å²) in [4.78, 5) is 34.7. The Morgan fingerprint density at radius 3 is 2.54 bits per heavy atom. The molecule has 1 aromatic carbocycles. The molecule has 2 atom stereocenters. The van der Waals surface area contributed by atoms with Gasteiger partial charge < -0.3 is 20.5 Å². The molecule has 0 heterocycles. The maximum absolute atomic E-state index is 11.9. The highest BCUT2D eigenvalue weighted by Crippen LogP contribution is 2.09. The predicted molar refractivity (Wildman–Crippen MR) is 102 cm³/mol. The van der Waals surface area contributed by atoms with Crippen LogP contribution >= 0.6 is 0 Å². The molecule has 28 heavy (non-hydrogen) atoms. The van der Waals surface area contributed by atoms with E-state index >= 15 is 0 Å². The van der Waals surface area contributed by atoms with Crippen molar-refractivity contribution in [2.45, 2.75) is 51.7 Å². The lowest BCUT2D eigenvalue weighted by Crippen LogP contribution is -2.45. The molecular formula is C20H27N3O5. The van der Waals surface area contributed by atoms with Crippen LogP contribution in [0, 0.1) is 17.2 Å². The van der Waals surface area contributed by atoms with Crippen molar-refractivity contribution in [1.29, 1.82) is 5.26 Å². The zero-order valence-corrected chi connectivity index (χ0v) is 16.0. The topological polar surface area (TPSA) is 129 Å². The molecule has 3 N–H and O–H groups in total. The number of carboxylic acid groups (broad SMARTS) is 1. The van der Waals surface area contributed by atoms with Gasteiger partial charge in [-0.3, -0.25) is 4.79 Å². The van der Waals surface area contributed by atoms with Crippen molar-refractivity contribution in [3.05, 3.63) is 35.9 Å². The monoisotopic (exact) mass is 389 g/mol. The van der Waals surface area contributed by atoms with Gasteiger partial charge in [-0.25, -0.2) is 9.59 Å². The highest BCUT2D eigenvalue weighted by Gasteiger charge is 2.25. The van der Waals surface area contributed by atoms with Gasteiger partial charge in [-0.05, 0) is 18.4 Å². The SMILES string of the molecule is C[C@@H](CC#N)[C@@H](NC(=O)CCCCCNC(=O)OCc1ccccc1)C(=O)O. The number of aliphatic carboxylic acids is 1. The molecule has 0 unspecified atom stereocenters. The molecule has 8 heteroatoms. The summed E-state index contributed by atoms with van der Waals surface area (Å²) >= 11 is 0. The van der Waals surface area contributed by atoms with Crippen molar-refractivity contribution in [2.24, 2.45) is 5.92 Å². The number of hydrogen-bond acceptors (Lipinski definition) is 5. The summed E-state index contributed by atoms with van der Waals surface area (Å²) in [6.45, 7) is 2.26. The molecule has 0 bridgehead atoms. The van der Waals surface area contributed by atoms with E-state index in [0.717, 1.165) is 5.56 Å². The lowest BCUT2D eigenvalue weighted by atomic mass is 9.99. The van der Waals surface area contributed by atoms with Crippen molar-refractivity contribution in [1.82, 2.24) is 10.6 Å². The number of nitrogens with one attached hydrogen (secondary N) is 2. The van der Waals surface area contributed by atoms with Gasteiger partial charge in [0.2, 0.25) is 5.91 Å². The first-order valence-electron chi connectivity index (χ1n) is 9.27. The second-order valence-corrected chi connectivity index (χ2v) is 6.52. The number of nitrogens with zero attached hydrogens (tertiary/aromatic N) is 1. The number of unbranched alkanes of at least 4 members (excludes halogenated alkanes) is 2. The van der Waals surface area contributed by atoms with Gasteiger partial charge in [0.05, 0.1) is 6.07 Å². The number of rotatable bonds is 12. The second-order valence-electron chi connectivity index (χ2n) is 6.52. The van der Waals surface area contributed by atoms with E-state index < -0.39 is 24.0 Å². The fraction of sp³-hybridized carbons (Fsp3) is 0.500. The number of hydrogen-bond donors (Lipinski definition) is 3. The first-order chi connectivity index (χ1) is 13.4. The highest BCUT2D eigenvalue weighted by atomic mass is 16.5. The van der Waals surface area contributed by atoms with Crippen LogP contribution in [0.3, 0.4) is 0 Å². The van der Waals surface area contributed by atoms with E-state index in [4.69, 9.17) is 15.1 Å². The summed E-state index contributed by atoms with van der Waals surface area (Å²) in [5.74, 6) is -1.96. The summed E-state index contributed by atoms with van der Waals surface area (Å²) < 4.78 is 5.09. The highest BCUT2D eigenvalue weighted by molar-refractivity contribution is 5.83. The van der Waals surface area contributed by atoms with Crippen LogP contribution in [0.15, 0.2) is 30.3 Å². The Morgan fingerprint density at radius 2 is 1.89 bits per heavy atom. The summed E-state index contributed by atoms with van der Waals surface area (Å²) in [5.41, 5.74) is 0.910. The molecule has 0 aliphatic rings. The first-order valence-corrected chi connectivity index (χ1v) is 9.27. The van der Waals surface area contributed by atoms with E-state index in [-0.39, 0.29) is 25.4 Å². The van der Waals surface area contributed by atoms with Crippen molar-refractivity contribution >= 4 is 18.0 Å². The summed E-state index contributed by atoms with van der Waals surface area (Å²) in [6.07, 6.45) is 1.73. The Morgan fingerprint density at radius 1 is 1.18 bits per heavy atom. The molecule has 0 aliphatic heterocycles. The Kier molecular flexibility index (Phi) is 10.8. The van der Waals surface area contributed by atoms with Gasteiger partial charge in [0.15, 0.2) is 0 Å². The van der Waals surface area contributed by atoms with E-state index in [2.05, 4.69) is 10.6 Å². The molecule has 1 aromatic rings. The number of carboxylic acids is 1. The van der Waals surface area contributed by atoms with Crippen LogP contribution in [-0.2, 0) is 20.9 Å². The van der Waals surface area contributed by atoms with Crippen LogP contribution in [0.25, 0.3) is 0 Å². The minimum Gasteiger partial charge on any atom is -0.480 e. The van der Waals surface area contributed by atoms with Crippen LogP contribution in [0.1, 0.15) is 44.6 Å². The standard InChI is InChI=1S/C20H27N3O5/c1-15(11-12-21)18(19(25)26)23-17(24)10-6-3-7-13-22-20(27)28-14-16-8-4-2-5-9-16/h2,4-5,8-9,15,18H,3,6-7,10-11,13-14H2,1H3,(H,22,27)(H,23,24)(H,25,26)/t15-,18+/m0/s1. The molecule has 0 saturated heterocycles. The summed E-state index contributed by atoms with van der Waals surface area (Å²) in [5, 5.41) is 22.9. The quantitative estimate of drug-likeness (QED) is 0.471.